The number of ether oxygens (including phenoxy) is 3. The lowest BCUT2D eigenvalue weighted by Gasteiger charge is -2.18. The zero-order valence-corrected chi connectivity index (χ0v) is 16.4. The topological polar surface area (TPSA) is 48.0 Å². The summed E-state index contributed by atoms with van der Waals surface area (Å²) in [5.41, 5.74) is 2.70. The summed E-state index contributed by atoms with van der Waals surface area (Å²) in [7, 11) is 3.33. The van der Waals surface area contributed by atoms with E-state index in [9.17, 15) is 4.79 Å². The zero-order valence-electron chi connectivity index (χ0n) is 16.4. The van der Waals surface area contributed by atoms with Crippen LogP contribution in [-0.2, 0) is 0 Å². The molecule has 0 aliphatic carbocycles. The largest absolute Gasteiger partial charge is 0.493 e. The quantitative estimate of drug-likeness (QED) is 0.787. The molecule has 0 fully saturated rings. The first-order valence-corrected chi connectivity index (χ1v) is 8.87. The lowest BCUT2D eigenvalue weighted by molar-refractivity contribution is -0.0439. The van der Waals surface area contributed by atoms with Crippen LogP contribution in [0.3, 0.4) is 0 Å². The third-order valence-corrected chi connectivity index (χ3v) is 4.24. The van der Waals surface area contributed by atoms with Crippen LogP contribution in [0.15, 0.2) is 48.0 Å². The van der Waals surface area contributed by atoms with E-state index in [1.54, 1.807) is 31.2 Å². The van der Waals surface area contributed by atoms with E-state index in [0.717, 1.165) is 11.1 Å². The molecule has 0 saturated carbocycles. The van der Waals surface area contributed by atoms with E-state index in [2.05, 4.69) is 6.08 Å². The molecule has 0 spiro atoms. The van der Waals surface area contributed by atoms with Crippen LogP contribution in [0.2, 0.25) is 0 Å². The normalized spacial score (nSPS) is 14.8. The summed E-state index contributed by atoms with van der Waals surface area (Å²) < 4.78 is 16.9. The number of likely N-dealkylation sites (N-methyl/N-ethyl adjacent to an activating group) is 1. The van der Waals surface area contributed by atoms with Gasteiger partial charge in [-0.3, -0.25) is 4.79 Å². The van der Waals surface area contributed by atoms with Gasteiger partial charge in [-0.25, -0.2) is 0 Å². The maximum absolute atomic E-state index is 12.9. The number of nitrogens with zero attached hydrogens (tertiary/aromatic N) is 1. The maximum Gasteiger partial charge on any atom is 0.254 e. The molecule has 142 valence electrons. The van der Waals surface area contributed by atoms with Gasteiger partial charge in [-0.15, -0.1) is 0 Å². The molecule has 1 aliphatic heterocycles. The highest BCUT2D eigenvalue weighted by molar-refractivity contribution is 5.95. The van der Waals surface area contributed by atoms with Crippen molar-refractivity contribution in [2.75, 3.05) is 20.7 Å². The van der Waals surface area contributed by atoms with E-state index in [1.165, 1.54) is 0 Å². The van der Waals surface area contributed by atoms with Gasteiger partial charge in [-0.2, -0.15) is 0 Å². The molecule has 0 saturated heterocycles. The Morgan fingerprint density at radius 3 is 2.56 bits per heavy atom. The lowest BCUT2D eigenvalue weighted by Crippen LogP contribution is -2.29. The molecule has 0 radical (unpaired) electrons. The van der Waals surface area contributed by atoms with Crippen molar-refractivity contribution in [2.24, 2.45) is 0 Å². The first-order valence-electron chi connectivity index (χ1n) is 8.87. The van der Waals surface area contributed by atoms with Crippen LogP contribution < -0.4 is 14.2 Å². The zero-order chi connectivity index (χ0) is 19.6. The smallest absolute Gasteiger partial charge is 0.254 e. The van der Waals surface area contributed by atoms with Crippen LogP contribution in [0.25, 0.3) is 6.08 Å². The number of rotatable bonds is 5. The molecule has 2 aromatic rings. The van der Waals surface area contributed by atoms with Crippen molar-refractivity contribution in [3.8, 4) is 17.2 Å². The molecule has 0 aromatic heterocycles. The molecule has 0 atom stereocenters. The van der Waals surface area contributed by atoms with Crippen molar-refractivity contribution in [3.05, 3.63) is 59.2 Å². The Balaban J connectivity index is 1.79. The van der Waals surface area contributed by atoms with Gasteiger partial charge >= 0.3 is 0 Å². The minimum absolute atomic E-state index is 0.106. The van der Waals surface area contributed by atoms with Crippen molar-refractivity contribution in [3.63, 3.8) is 0 Å². The summed E-state index contributed by atoms with van der Waals surface area (Å²) in [4.78, 5) is 14.6. The fourth-order valence-electron chi connectivity index (χ4n) is 3.11. The highest BCUT2D eigenvalue weighted by Crippen LogP contribution is 2.46. The second-order valence-electron chi connectivity index (χ2n) is 7.17. The number of carbonyl (C=O) groups is 1. The highest BCUT2D eigenvalue weighted by atomic mass is 16.7. The molecule has 0 unspecified atom stereocenters. The number of benzene rings is 2. The van der Waals surface area contributed by atoms with Gasteiger partial charge in [0.15, 0.2) is 11.5 Å². The van der Waals surface area contributed by atoms with E-state index in [1.807, 2.05) is 51.1 Å². The lowest BCUT2D eigenvalue weighted by atomic mass is 10.1. The Morgan fingerprint density at radius 1 is 1.19 bits per heavy atom. The van der Waals surface area contributed by atoms with Crippen LogP contribution in [0.1, 0.15) is 36.7 Å². The Labute approximate surface area is 160 Å². The van der Waals surface area contributed by atoms with Gasteiger partial charge in [0.2, 0.25) is 11.5 Å². The van der Waals surface area contributed by atoms with Gasteiger partial charge < -0.3 is 19.1 Å². The summed E-state index contributed by atoms with van der Waals surface area (Å²) in [5.74, 6) is 0.657. The number of methoxy groups -OCH3 is 1. The van der Waals surface area contributed by atoms with Gasteiger partial charge in [0.1, 0.15) is 0 Å². The van der Waals surface area contributed by atoms with Crippen molar-refractivity contribution in [2.45, 2.75) is 26.6 Å². The monoisotopic (exact) mass is 367 g/mol. The van der Waals surface area contributed by atoms with E-state index < -0.39 is 5.79 Å². The van der Waals surface area contributed by atoms with Gasteiger partial charge in [0.25, 0.3) is 5.91 Å². The van der Waals surface area contributed by atoms with Crippen LogP contribution in [0, 0.1) is 0 Å². The minimum atomic E-state index is -0.780. The molecule has 5 nitrogen and oxygen atoms in total. The Bertz CT molecular complexity index is 871. The first kappa shape index (κ1) is 18.8. The maximum atomic E-state index is 12.9. The molecule has 1 heterocycles. The molecular weight excluding hydrogens is 342 g/mol. The SMILES string of the molecule is COc1cc(C(=O)N(C)C/C(C)=C/c2ccccc2)cc2c1OC(C)(C)O2. The van der Waals surface area contributed by atoms with E-state index in [0.29, 0.717) is 29.4 Å². The van der Waals surface area contributed by atoms with Crippen molar-refractivity contribution in [1.82, 2.24) is 4.90 Å². The number of carbonyl (C=O) groups excluding carboxylic acids is 1. The fourth-order valence-corrected chi connectivity index (χ4v) is 3.11. The minimum Gasteiger partial charge on any atom is -0.493 e. The molecule has 5 heteroatoms. The molecule has 0 N–H and O–H groups in total. The van der Waals surface area contributed by atoms with Crippen molar-refractivity contribution in [1.29, 1.82) is 0 Å². The average molecular weight is 367 g/mol. The first-order chi connectivity index (χ1) is 12.8. The summed E-state index contributed by atoms with van der Waals surface area (Å²) in [6.07, 6.45) is 2.08. The number of hydrogen-bond donors (Lipinski definition) is 0. The van der Waals surface area contributed by atoms with Gasteiger partial charge in [0, 0.05) is 33.0 Å². The predicted molar refractivity (Wildman–Crippen MR) is 105 cm³/mol. The Hall–Kier alpha value is -2.95. The van der Waals surface area contributed by atoms with Gasteiger partial charge in [-0.05, 0) is 24.6 Å². The molecule has 2 aromatic carbocycles. The van der Waals surface area contributed by atoms with E-state index in [-0.39, 0.29) is 5.91 Å². The number of fused-ring (bicyclic) bond motifs is 1. The van der Waals surface area contributed by atoms with Crippen LogP contribution in [-0.4, -0.2) is 37.3 Å². The van der Waals surface area contributed by atoms with Crippen molar-refractivity contribution < 1.29 is 19.0 Å². The summed E-state index contributed by atoms with van der Waals surface area (Å²) in [6.45, 7) is 6.17. The summed E-state index contributed by atoms with van der Waals surface area (Å²) >= 11 is 0. The number of amides is 1. The second kappa shape index (κ2) is 7.35. The van der Waals surface area contributed by atoms with Crippen LogP contribution >= 0.6 is 0 Å². The highest BCUT2D eigenvalue weighted by Gasteiger charge is 2.35. The van der Waals surface area contributed by atoms with Gasteiger partial charge in [-0.1, -0.05) is 42.0 Å². The summed E-state index contributed by atoms with van der Waals surface area (Å²) in [6, 6.07) is 13.4. The standard InChI is InChI=1S/C22H25NO4/c1-15(11-16-9-7-6-8-10-16)14-23(4)21(24)17-12-18(25-5)20-19(13-17)26-22(2,3)27-20/h6-13H,14H2,1-5H3/b15-11+. The summed E-state index contributed by atoms with van der Waals surface area (Å²) in [5, 5.41) is 0. The molecule has 0 bridgehead atoms. The van der Waals surface area contributed by atoms with Crippen molar-refractivity contribution >= 4 is 12.0 Å². The number of hydrogen-bond acceptors (Lipinski definition) is 4. The Morgan fingerprint density at radius 2 is 1.89 bits per heavy atom. The van der Waals surface area contributed by atoms with Gasteiger partial charge in [0.05, 0.1) is 7.11 Å². The third-order valence-electron chi connectivity index (χ3n) is 4.24. The van der Waals surface area contributed by atoms with Crippen LogP contribution in [0.4, 0.5) is 0 Å². The predicted octanol–water partition coefficient (Wildman–Crippen LogP) is 4.38. The second-order valence-corrected chi connectivity index (χ2v) is 7.17. The molecule has 1 aliphatic rings. The van der Waals surface area contributed by atoms with E-state index >= 15 is 0 Å². The third kappa shape index (κ3) is 4.25. The average Bonchev–Trinajstić information content (AvgIpc) is 2.94. The Kier molecular flexibility index (Phi) is 5.13. The van der Waals surface area contributed by atoms with Crippen LogP contribution in [0.5, 0.6) is 17.2 Å². The van der Waals surface area contributed by atoms with E-state index in [4.69, 9.17) is 14.2 Å². The fraction of sp³-hybridized carbons (Fsp3) is 0.318. The molecule has 27 heavy (non-hydrogen) atoms. The molecule has 3 rings (SSSR count). The molecular formula is C22H25NO4. The molecule has 1 amide bonds.